The van der Waals surface area contributed by atoms with Crippen LogP contribution in [0.3, 0.4) is 0 Å². The Bertz CT molecular complexity index is 1100. The first kappa shape index (κ1) is 24.1. The number of esters is 1. The molecule has 1 atom stereocenters. The Balaban J connectivity index is 1.61. The molecular formula is C25H23ClFNO5. The minimum atomic E-state index is -0.428. The summed E-state index contributed by atoms with van der Waals surface area (Å²) in [5.74, 6) is -0.267. The lowest BCUT2D eigenvalue weighted by molar-refractivity contribution is 0.0600. The Morgan fingerprint density at radius 2 is 1.64 bits per heavy atom. The molecule has 1 N–H and O–H groups in total. The normalized spacial score (nSPS) is 11.4. The van der Waals surface area contributed by atoms with Crippen LogP contribution in [0.25, 0.3) is 0 Å². The number of hydrogen-bond donors (Lipinski definition) is 1. The highest BCUT2D eigenvalue weighted by Crippen LogP contribution is 2.24. The second-order valence-corrected chi connectivity index (χ2v) is 7.54. The largest absolute Gasteiger partial charge is 0.490 e. The number of halogens is 2. The summed E-state index contributed by atoms with van der Waals surface area (Å²) in [6, 6.07) is 16.9. The third kappa shape index (κ3) is 6.70. The van der Waals surface area contributed by atoms with Gasteiger partial charge in [0.2, 0.25) is 0 Å². The lowest BCUT2D eigenvalue weighted by Crippen LogP contribution is -2.27. The van der Waals surface area contributed by atoms with Gasteiger partial charge < -0.3 is 19.5 Å². The van der Waals surface area contributed by atoms with Gasteiger partial charge in [0.15, 0.2) is 0 Å². The van der Waals surface area contributed by atoms with Crippen LogP contribution in [-0.2, 0) is 4.74 Å². The van der Waals surface area contributed by atoms with Gasteiger partial charge in [0.1, 0.15) is 30.5 Å². The van der Waals surface area contributed by atoms with Crippen molar-refractivity contribution in [2.75, 3.05) is 20.3 Å². The lowest BCUT2D eigenvalue weighted by Gasteiger charge is -2.17. The summed E-state index contributed by atoms with van der Waals surface area (Å²) in [7, 11) is 1.32. The number of ether oxygens (including phenoxy) is 3. The molecule has 33 heavy (non-hydrogen) atoms. The van der Waals surface area contributed by atoms with E-state index in [0.717, 1.165) is 5.56 Å². The van der Waals surface area contributed by atoms with Crippen molar-refractivity contribution in [3.05, 3.63) is 94.3 Å². The minimum absolute atomic E-state index is 0.170. The second-order valence-electron chi connectivity index (χ2n) is 7.10. The fraction of sp³-hybridized carbons (Fsp3) is 0.200. The molecule has 6 nitrogen and oxygen atoms in total. The maximum absolute atomic E-state index is 13.0. The molecule has 0 saturated carbocycles. The van der Waals surface area contributed by atoms with Gasteiger partial charge in [-0.2, -0.15) is 0 Å². The van der Waals surface area contributed by atoms with E-state index < -0.39 is 5.97 Å². The van der Waals surface area contributed by atoms with Crippen LogP contribution in [0.1, 0.15) is 39.2 Å². The molecule has 3 aromatic carbocycles. The zero-order valence-corrected chi connectivity index (χ0v) is 18.9. The van der Waals surface area contributed by atoms with E-state index in [1.807, 2.05) is 6.92 Å². The van der Waals surface area contributed by atoms with E-state index in [1.54, 1.807) is 36.4 Å². The number of rotatable bonds is 9. The summed E-state index contributed by atoms with van der Waals surface area (Å²) >= 11 is 6.09. The quantitative estimate of drug-likeness (QED) is 0.342. The van der Waals surface area contributed by atoms with E-state index in [-0.39, 0.29) is 36.5 Å². The molecule has 0 aliphatic rings. The van der Waals surface area contributed by atoms with Gasteiger partial charge in [-0.15, -0.1) is 0 Å². The van der Waals surface area contributed by atoms with E-state index in [2.05, 4.69) is 5.32 Å². The highest BCUT2D eigenvalue weighted by atomic mass is 35.5. The SMILES string of the molecule is COC(=O)c1ccc([C@H](C)NC(=O)c2cc(Cl)ccc2OCCOc2ccc(F)cc2)cc1. The molecule has 8 heteroatoms. The van der Waals surface area contributed by atoms with E-state index in [0.29, 0.717) is 22.1 Å². The summed E-state index contributed by atoms with van der Waals surface area (Å²) < 4.78 is 28.9. The maximum atomic E-state index is 13.0. The van der Waals surface area contributed by atoms with Crippen molar-refractivity contribution >= 4 is 23.5 Å². The van der Waals surface area contributed by atoms with Crippen LogP contribution in [0, 0.1) is 5.82 Å². The van der Waals surface area contributed by atoms with Crippen molar-refractivity contribution < 1.29 is 28.2 Å². The first-order chi connectivity index (χ1) is 15.9. The summed E-state index contributed by atoms with van der Waals surface area (Å²) in [4.78, 5) is 24.5. The zero-order valence-electron chi connectivity index (χ0n) is 18.1. The minimum Gasteiger partial charge on any atom is -0.490 e. The van der Waals surface area contributed by atoms with Crippen LogP contribution >= 0.6 is 11.6 Å². The molecule has 1 amide bonds. The standard InChI is InChI=1S/C25H23ClFNO5/c1-16(17-3-5-18(6-4-17)25(30)31-2)28-24(29)22-15-19(26)7-12-23(22)33-14-13-32-21-10-8-20(27)9-11-21/h3-12,15-16H,13-14H2,1-2H3,(H,28,29)/t16-/m0/s1. The summed E-state index contributed by atoms with van der Waals surface area (Å²) in [5, 5.41) is 3.30. The molecule has 0 aliphatic heterocycles. The molecule has 3 rings (SSSR count). The van der Waals surface area contributed by atoms with E-state index >= 15 is 0 Å². The highest BCUT2D eigenvalue weighted by molar-refractivity contribution is 6.31. The predicted octanol–water partition coefficient (Wildman–Crippen LogP) is 5.21. The molecule has 0 aromatic heterocycles. The number of hydrogen-bond acceptors (Lipinski definition) is 5. The van der Waals surface area contributed by atoms with Crippen molar-refractivity contribution in [1.29, 1.82) is 0 Å². The molecule has 0 heterocycles. The molecule has 0 saturated heterocycles. The van der Waals surface area contributed by atoms with Crippen LogP contribution in [0.15, 0.2) is 66.7 Å². The molecule has 0 aliphatic carbocycles. The van der Waals surface area contributed by atoms with Crippen LogP contribution in [-0.4, -0.2) is 32.2 Å². The number of carbonyl (C=O) groups is 2. The van der Waals surface area contributed by atoms with E-state index in [4.69, 9.17) is 25.8 Å². The topological polar surface area (TPSA) is 73.9 Å². The zero-order chi connectivity index (χ0) is 23.8. The summed E-state index contributed by atoms with van der Waals surface area (Å²) in [6.07, 6.45) is 0. The number of carbonyl (C=O) groups excluding carboxylic acids is 2. The number of benzene rings is 3. The Morgan fingerprint density at radius 1 is 0.970 bits per heavy atom. The Kier molecular flexibility index (Phi) is 8.27. The molecule has 0 radical (unpaired) electrons. The van der Waals surface area contributed by atoms with Gasteiger partial charge in [0.05, 0.1) is 24.3 Å². The van der Waals surface area contributed by atoms with Crippen molar-refractivity contribution in [2.24, 2.45) is 0 Å². The molecule has 0 spiro atoms. The Hall–Kier alpha value is -3.58. The number of amides is 1. The Morgan fingerprint density at radius 3 is 2.30 bits per heavy atom. The van der Waals surface area contributed by atoms with Gasteiger partial charge in [-0.25, -0.2) is 9.18 Å². The third-order valence-corrected chi connectivity index (χ3v) is 5.02. The average molecular weight is 472 g/mol. The molecular weight excluding hydrogens is 449 g/mol. The highest BCUT2D eigenvalue weighted by Gasteiger charge is 2.17. The van der Waals surface area contributed by atoms with Crippen molar-refractivity contribution in [3.63, 3.8) is 0 Å². The van der Waals surface area contributed by atoms with Crippen molar-refractivity contribution in [1.82, 2.24) is 5.32 Å². The Labute approximate surface area is 196 Å². The fourth-order valence-electron chi connectivity index (χ4n) is 3.03. The summed E-state index contributed by atoms with van der Waals surface area (Å²) in [5.41, 5.74) is 1.52. The maximum Gasteiger partial charge on any atom is 0.337 e. The lowest BCUT2D eigenvalue weighted by atomic mass is 10.1. The molecule has 0 fully saturated rings. The second kappa shape index (κ2) is 11.3. The van der Waals surface area contributed by atoms with Crippen molar-refractivity contribution in [2.45, 2.75) is 13.0 Å². The molecule has 3 aromatic rings. The van der Waals surface area contributed by atoms with Gasteiger partial charge in [-0.3, -0.25) is 4.79 Å². The van der Waals surface area contributed by atoms with Crippen LogP contribution < -0.4 is 14.8 Å². The van der Waals surface area contributed by atoms with Crippen LogP contribution in [0.2, 0.25) is 5.02 Å². The average Bonchev–Trinajstić information content (AvgIpc) is 2.83. The van der Waals surface area contributed by atoms with E-state index in [1.165, 1.54) is 37.4 Å². The monoisotopic (exact) mass is 471 g/mol. The van der Waals surface area contributed by atoms with Crippen LogP contribution in [0.4, 0.5) is 4.39 Å². The van der Waals surface area contributed by atoms with Gasteiger partial charge in [0, 0.05) is 5.02 Å². The van der Waals surface area contributed by atoms with E-state index in [9.17, 15) is 14.0 Å². The van der Waals surface area contributed by atoms with Gasteiger partial charge in [-0.1, -0.05) is 23.7 Å². The smallest absolute Gasteiger partial charge is 0.337 e. The van der Waals surface area contributed by atoms with Gasteiger partial charge in [0.25, 0.3) is 5.91 Å². The van der Waals surface area contributed by atoms with Gasteiger partial charge >= 0.3 is 5.97 Å². The van der Waals surface area contributed by atoms with Crippen LogP contribution in [0.5, 0.6) is 11.5 Å². The molecule has 0 unspecified atom stereocenters. The predicted molar refractivity (Wildman–Crippen MR) is 123 cm³/mol. The first-order valence-corrected chi connectivity index (χ1v) is 10.5. The number of methoxy groups -OCH3 is 1. The number of nitrogens with one attached hydrogen (secondary N) is 1. The summed E-state index contributed by atoms with van der Waals surface area (Å²) in [6.45, 7) is 2.20. The third-order valence-electron chi connectivity index (χ3n) is 4.79. The fourth-order valence-corrected chi connectivity index (χ4v) is 3.20. The molecule has 0 bridgehead atoms. The van der Waals surface area contributed by atoms with Gasteiger partial charge in [-0.05, 0) is 67.1 Å². The molecule has 172 valence electrons. The first-order valence-electron chi connectivity index (χ1n) is 10.2. The van der Waals surface area contributed by atoms with Crippen molar-refractivity contribution in [3.8, 4) is 11.5 Å².